The summed E-state index contributed by atoms with van der Waals surface area (Å²) in [6.07, 6.45) is 4.33. The van der Waals surface area contributed by atoms with Crippen molar-refractivity contribution in [1.29, 1.82) is 0 Å². The van der Waals surface area contributed by atoms with Crippen LogP contribution in [0.4, 0.5) is 0 Å². The molecule has 86 valence electrons. The van der Waals surface area contributed by atoms with Gasteiger partial charge in [0, 0.05) is 6.07 Å². The first-order chi connectivity index (χ1) is 7.81. The minimum absolute atomic E-state index is 0.431. The number of hydrogen-bond donors (Lipinski definition) is 1. The summed E-state index contributed by atoms with van der Waals surface area (Å²) in [6, 6.07) is 1.60. The molecule has 16 heavy (non-hydrogen) atoms. The van der Waals surface area contributed by atoms with E-state index in [1.165, 1.54) is 13.4 Å². The molecule has 5 nitrogen and oxygen atoms in total. The van der Waals surface area contributed by atoms with Crippen molar-refractivity contribution in [3.05, 3.63) is 29.9 Å². The summed E-state index contributed by atoms with van der Waals surface area (Å²) in [5.74, 6) is 0.993. The Morgan fingerprint density at radius 1 is 1.50 bits per heavy atom. The number of aromatic nitrogens is 2. The van der Waals surface area contributed by atoms with Crippen LogP contribution in [0.5, 0.6) is 5.88 Å². The lowest BCUT2D eigenvalue weighted by atomic mass is 10.1. The standard InChI is InChI=1S/C11H14N2O3/c1-15-10-6-8(12-7-13-10)11(14)9-4-2-3-5-16-9/h4,6-7,11,14H,2-3,5H2,1H3. The van der Waals surface area contributed by atoms with E-state index in [2.05, 4.69) is 9.97 Å². The van der Waals surface area contributed by atoms with Gasteiger partial charge in [0.2, 0.25) is 5.88 Å². The van der Waals surface area contributed by atoms with E-state index in [4.69, 9.17) is 9.47 Å². The van der Waals surface area contributed by atoms with E-state index in [1.54, 1.807) is 6.07 Å². The van der Waals surface area contributed by atoms with Crippen molar-refractivity contribution in [2.45, 2.75) is 18.9 Å². The largest absolute Gasteiger partial charge is 0.495 e. The van der Waals surface area contributed by atoms with E-state index < -0.39 is 6.10 Å². The molecule has 0 fully saturated rings. The maximum atomic E-state index is 10.0. The molecule has 1 aromatic heterocycles. The quantitative estimate of drug-likeness (QED) is 0.832. The number of aliphatic hydroxyl groups is 1. The van der Waals surface area contributed by atoms with Crippen LogP contribution >= 0.6 is 0 Å². The molecule has 0 bridgehead atoms. The van der Waals surface area contributed by atoms with Crippen LogP contribution in [0.3, 0.4) is 0 Å². The van der Waals surface area contributed by atoms with Crippen LogP contribution in [0.2, 0.25) is 0 Å². The fourth-order valence-corrected chi connectivity index (χ4v) is 1.53. The highest BCUT2D eigenvalue weighted by molar-refractivity contribution is 5.21. The van der Waals surface area contributed by atoms with Gasteiger partial charge in [0.15, 0.2) is 6.10 Å². The van der Waals surface area contributed by atoms with Gasteiger partial charge in [-0.15, -0.1) is 0 Å². The van der Waals surface area contributed by atoms with Crippen molar-refractivity contribution in [3.63, 3.8) is 0 Å². The maximum Gasteiger partial charge on any atom is 0.216 e. The third kappa shape index (κ3) is 2.30. The Bertz CT molecular complexity index is 393. The summed E-state index contributed by atoms with van der Waals surface area (Å²) >= 11 is 0. The first-order valence-electron chi connectivity index (χ1n) is 5.18. The second-order valence-corrected chi connectivity index (χ2v) is 3.48. The van der Waals surface area contributed by atoms with Crippen LogP contribution in [0.25, 0.3) is 0 Å². The lowest BCUT2D eigenvalue weighted by Gasteiger charge is -2.19. The third-order valence-corrected chi connectivity index (χ3v) is 2.38. The number of aliphatic hydroxyl groups excluding tert-OH is 1. The summed E-state index contributed by atoms with van der Waals surface area (Å²) in [5.41, 5.74) is 0.486. The average Bonchev–Trinajstić information content (AvgIpc) is 2.39. The molecule has 0 amide bonds. The molecule has 0 saturated heterocycles. The van der Waals surface area contributed by atoms with Gasteiger partial charge in [-0.3, -0.25) is 0 Å². The Morgan fingerprint density at radius 3 is 3.06 bits per heavy atom. The van der Waals surface area contributed by atoms with Crippen LogP contribution in [0.15, 0.2) is 24.2 Å². The minimum Gasteiger partial charge on any atom is -0.495 e. The van der Waals surface area contributed by atoms with Gasteiger partial charge in [0.1, 0.15) is 12.1 Å². The van der Waals surface area contributed by atoms with Crippen molar-refractivity contribution in [2.75, 3.05) is 13.7 Å². The fraction of sp³-hybridized carbons (Fsp3) is 0.455. The topological polar surface area (TPSA) is 64.5 Å². The Balaban J connectivity index is 2.19. The van der Waals surface area contributed by atoms with Crippen LogP contribution in [0, 0.1) is 0 Å². The van der Waals surface area contributed by atoms with E-state index in [0.29, 0.717) is 23.9 Å². The van der Waals surface area contributed by atoms with E-state index >= 15 is 0 Å². The zero-order chi connectivity index (χ0) is 11.4. The molecule has 0 aliphatic carbocycles. The summed E-state index contributed by atoms with van der Waals surface area (Å²) in [7, 11) is 1.52. The predicted octanol–water partition coefficient (Wildman–Crippen LogP) is 1.21. The first-order valence-corrected chi connectivity index (χ1v) is 5.18. The van der Waals surface area contributed by atoms with Crippen molar-refractivity contribution in [1.82, 2.24) is 9.97 Å². The van der Waals surface area contributed by atoms with Crippen LogP contribution in [-0.4, -0.2) is 28.8 Å². The summed E-state index contributed by atoms with van der Waals surface area (Å²) in [5, 5.41) is 10.0. The van der Waals surface area contributed by atoms with Gasteiger partial charge < -0.3 is 14.6 Å². The van der Waals surface area contributed by atoms with Gasteiger partial charge in [-0.1, -0.05) is 0 Å². The molecule has 1 aliphatic heterocycles. The number of allylic oxidation sites excluding steroid dienone is 1. The van der Waals surface area contributed by atoms with Crippen molar-refractivity contribution in [3.8, 4) is 5.88 Å². The smallest absolute Gasteiger partial charge is 0.216 e. The molecule has 2 heterocycles. The molecule has 0 radical (unpaired) electrons. The van der Waals surface area contributed by atoms with Crippen molar-refractivity contribution in [2.24, 2.45) is 0 Å². The molecule has 1 aromatic rings. The summed E-state index contributed by atoms with van der Waals surface area (Å²) < 4.78 is 10.3. The lowest BCUT2D eigenvalue weighted by Crippen LogP contribution is -2.11. The second-order valence-electron chi connectivity index (χ2n) is 3.48. The molecule has 1 unspecified atom stereocenters. The monoisotopic (exact) mass is 222 g/mol. The molecular weight excluding hydrogens is 208 g/mol. The van der Waals surface area contributed by atoms with Gasteiger partial charge in [-0.25, -0.2) is 9.97 Å². The second kappa shape index (κ2) is 4.94. The highest BCUT2D eigenvalue weighted by Crippen LogP contribution is 2.25. The van der Waals surface area contributed by atoms with Crippen molar-refractivity contribution < 1.29 is 14.6 Å². The van der Waals surface area contributed by atoms with Crippen LogP contribution < -0.4 is 4.74 Å². The number of methoxy groups -OCH3 is 1. The van der Waals surface area contributed by atoms with E-state index in [9.17, 15) is 5.11 Å². The minimum atomic E-state index is -0.836. The summed E-state index contributed by atoms with van der Waals surface area (Å²) in [4.78, 5) is 7.88. The highest BCUT2D eigenvalue weighted by atomic mass is 16.5. The Hall–Kier alpha value is -1.62. The SMILES string of the molecule is COc1cc(C(O)C2=CCCCO2)ncn1. The van der Waals surface area contributed by atoms with E-state index in [1.807, 2.05) is 6.08 Å². The zero-order valence-corrected chi connectivity index (χ0v) is 9.09. The van der Waals surface area contributed by atoms with Gasteiger partial charge >= 0.3 is 0 Å². The van der Waals surface area contributed by atoms with Gasteiger partial charge in [0.05, 0.1) is 19.4 Å². The molecule has 0 spiro atoms. The van der Waals surface area contributed by atoms with Crippen LogP contribution in [0.1, 0.15) is 24.6 Å². The van der Waals surface area contributed by atoms with Crippen molar-refractivity contribution >= 4 is 0 Å². The number of ether oxygens (including phenoxy) is 2. The fourth-order valence-electron chi connectivity index (χ4n) is 1.53. The average molecular weight is 222 g/mol. The molecule has 2 rings (SSSR count). The Labute approximate surface area is 93.8 Å². The van der Waals surface area contributed by atoms with E-state index in [0.717, 1.165) is 12.8 Å². The molecule has 5 heteroatoms. The highest BCUT2D eigenvalue weighted by Gasteiger charge is 2.18. The Morgan fingerprint density at radius 2 is 2.38 bits per heavy atom. The number of rotatable bonds is 3. The zero-order valence-electron chi connectivity index (χ0n) is 9.09. The maximum absolute atomic E-state index is 10.0. The molecule has 1 aliphatic rings. The number of nitrogens with zero attached hydrogens (tertiary/aromatic N) is 2. The van der Waals surface area contributed by atoms with Gasteiger partial charge in [-0.2, -0.15) is 0 Å². The van der Waals surface area contributed by atoms with E-state index in [-0.39, 0.29) is 0 Å². The molecular formula is C11H14N2O3. The molecule has 0 aromatic carbocycles. The van der Waals surface area contributed by atoms with Gasteiger partial charge in [0.25, 0.3) is 0 Å². The molecule has 0 saturated carbocycles. The summed E-state index contributed by atoms with van der Waals surface area (Å²) in [6.45, 7) is 0.644. The normalized spacial score (nSPS) is 17.2. The van der Waals surface area contributed by atoms with Crippen LogP contribution in [-0.2, 0) is 4.74 Å². The third-order valence-electron chi connectivity index (χ3n) is 2.38. The lowest BCUT2D eigenvalue weighted by molar-refractivity contribution is 0.0892. The molecule has 1 atom stereocenters. The Kier molecular flexibility index (Phi) is 3.36. The number of hydrogen-bond acceptors (Lipinski definition) is 5. The predicted molar refractivity (Wildman–Crippen MR) is 56.8 cm³/mol. The first kappa shape index (κ1) is 10.9. The van der Waals surface area contributed by atoms with Gasteiger partial charge in [-0.05, 0) is 18.9 Å². The molecule has 1 N–H and O–H groups in total.